The molecular formula is C25H29ClN8O. The molecule has 9 nitrogen and oxygen atoms in total. The monoisotopic (exact) mass is 492 g/mol. The topological polar surface area (TPSA) is 81.9 Å². The van der Waals surface area contributed by atoms with E-state index in [1.54, 1.807) is 16.9 Å². The summed E-state index contributed by atoms with van der Waals surface area (Å²) in [4.78, 5) is 28.0. The fourth-order valence-corrected chi connectivity index (χ4v) is 4.75. The number of nitrogens with one attached hydrogen (secondary N) is 1. The van der Waals surface area contributed by atoms with Crippen LogP contribution in [0.1, 0.15) is 18.5 Å². The van der Waals surface area contributed by atoms with Gasteiger partial charge in [-0.2, -0.15) is 9.61 Å². The second-order valence-corrected chi connectivity index (χ2v) is 9.52. The number of amides is 1. The number of hydrogen-bond acceptors (Lipinski definition) is 7. The van der Waals surface area contributed by atoms with Crippen LogP contribution in [0.2, 0.25) is 5.02 Å². The van der Waals surface area contributed by atoms with Crippen molar-refractivity contribution in [3.63, 3.8) is 0 Å². The molecule has 0 radical (unpaired) electrons. The lowest BCUT2D eigenvalue weighted by molar-refractivity contribution is -0.132. The Morgan fingerprint density at radius 2 is 1.94 bits per heavy atom. The molecule has 35 heavy (non-hydrogen) atoms. The molecule has 5 rings (SSSR count). The molecule has 0 aliphatic carbocycles. The summed E-state index contributed by atoms with van der Waals surface area (Å²) in [6.07, 6.45) is 3.51. The first-order valence-corrected chi connectivity index (χ1v) is 12.1. The van der Waals surface area contributed by atoms with Gasteiger partial charge in [0.2, 0.25) is 5.91 Å². The molecule has 1 amide bonds. The summed E-state index contributed by atoms with van der Waals surface area (Å²) < 4.78 is 1.79. The van der Waals surface area contributed by atoms with Crippen molar-refractivity contribution in [2.75, 3.05) is 57.0 Å². The largest absolute Gasteiger partial charge is 0.363 e. The number of likely N-dealkylation sites (N-methyl/N-ethyl adjacent to an activating group) is 1. The maximum Gasteiger partial charge on any atom is 0.236 e. The van der Waals surface area contributed by atoms with E-state index in [2.05, 4.69) is 33.3 Å². The molecule has 1 aromatic carbocycles. The lowest BCUT2D eigenvalue weighted by Crippen LogP contribution is -2.51. The number of nitrogens with zero attached hydrogens (tertiary/aromatic N) is 7. The van der Waals surface area contributed by atoms with Gasteiger partial charge in [-0.25, -0.2) is 9.97 Å². The van der Waals surface area contributed by atoms with Crippen LogP contribution in [0.5, 0.6) is 0 Å². The van der Waals surface area contributed by atoms with E-state index in [0.29, 0.717) is 37.7 Å². The lowest BCUT2D eigenvalue weighted by Gasteiger charge is -2.37. The summed E-state index contributed by atoms with van der Waals surface area (Å²) in [5.74, 6) is 1.89. The number of para-hydroxylation sites is 1. The molecule has 3 aromatic heterocycles. The fourth-order valence-electron chi connectivity index (χ4n) is 4.52. The van der Waals surface area contributed by atoms with E-state index in [0.717, 1.165) is 33.7 Å². The van der Waals surface area contributed by atoms with Gasteiger partial charge < -0.3 is 20.0 Å². The highest BCUT2D eigenvalue weighted by molar-refractivity contribution is 6.35. The Morgan fingerprint density at radius 3 is 2.71 bits per heavy atom. The molecule has 4 heterocycles. The quantitative estimate of drug-likeness (QED) is 0.442. The first-order chi connectivity index (χ1) is 16.9. The number of piperazine rings is 1. The van der Waals surface area contributed by atoms with Crippen LogP contribution in [-0.4, -0.2) is 82.1 Å². The van der Waals surface area contributed by atoms with Gasteiger partial charge in [-0.15, -0.1) is 0 Å². The van der Waals surface area contributed by atoms with Gasteiger partial charge in [0.1, 0.15) is 11.6 Å². The molecule has 0 spiro atoms. The van der Waals surface area contributed by atoms with Crippen molar-refractivity contribution in [1.82, 2.24) is 29.4 Å². The number of benzene rings is 1. The van der Waals surface area contributed by atoms with Crippen LogP contribution in [0, 0.1) is 0 Å². The standard InChI is InChI=1S/C25H29ClN8O/c1-17(29-22-7-9-27-21-8-10-28-34(21)22)19-15-18-5-4-6-20(26)24(18)30-25(19)33-13-11-32(12-14-33)23(35)16-31(2)3/h4-10,15,17,29H,11-14,16H2,1-3H3/t17-/m0/s1. The van der Waals surface area contributed by atoms with E-state index in [-0.39, 0.29) is 11.9 Å². The van der Waals surface area contributed by atoms with Crippen LogP contribution >= 0.6 is 11.6 Å². The Kier molecular flexibility index (Phi) is 6.44. The number of halogens is 1. The Balaban J connectivity index is 1.46. The first-order valence-electron chi connectivity index (χ1n) is 11.7. The molecule has 1 atom stereocenters. The van der Waals surface area contributed by atoms with Crippen molar-refractivity contribution in [3.05, 3.63) is 59.4 Å². The number of pyridine rings is 1. The zero-order chi connectivity index (χ0) is 24.5. The molecule has 10 heteroatoms. The number of fused-ring (bicyclic) bond motifs is 2. The van der Waals surface area contributed by atoms with Crippen LogP contribution < -0.4 is 10.2 Å². The van der Waals surface area contributed by atoms with Crippen LogP contribution in [-0.2, 0) is 4.79 Å². The van der Waals surface area contributed by atoms with E-state index in [4.69, 9.17) is 16.6 Å². The predicted molar refractivity (Wildman–Crippen MR) is 139 cm³/mol. The molecule has 1 fully saturated rings. The smallest absolute Gasteiger partial charge is 0.236 e. The third kappa shape index (κ3) is 4.74. The minimum absolute atomic E-state index is 0.0657. The van der Waals surface area contributed by atoms with Crippen LogP contribution in [0.25, 0.3) is 16.6 Å². The summed E-state index contributed by atoms with van der Waals surface area (Å²) in [5.41, 5.74) is 2.62. The average molecular weight is 493 g/mol. The minimum atomic E-state index is -0.0657. The lowest BCUT2D eigenvalue weighted by atomic mass is 10.0. The molecule has 1 aliphatic heterocycles. The van der Waals surface area contributed by atoms with Gasteiger partial charge in [0.05, 0.1) is 29.3 Å². The van der Waals surface area contributed by atoms with E-state index in [9.17, 15) is 4.79 Å². The minimum Gasteiger partial charge on any atom is -0.363 e. The molecule has 1 N–H and O–H groups in total. The van der Waals surface area contributed by atoms with Gasteiger partial charge in [0.15, 0.2) is 5.65 Å². The van der Waals surface area contributed by atoms with Crippen LogP contribution in [0.3, 0.4) is 0 Å². The highest BCUT2D eigenvalue weighted by Gasteiger charge is 2.26. The summed E-state index contributed by atoms with van der Waals surface area (Å²) in [6, 6.07) is 11.7. The zero-order valence-electron chi connectivity index (χ0n) is 20.1. The summed E-state index contributed by atoms with van der Waals surface area (Å²) in [5, 5.41) is 9.59. The Morgan fingerprint density at radius 1 is 1.14 bits per heavy atom. The SMILES string of the molecule is C[C@H](Nc1ccnc2ccnn12)c1cc2cccc(Cl)c2nc1N1CCN(C(=O)CN(C)C)CC1. The molecule has 1 aliphatic rings. The third-order valence-corrected chi connectivity index (χ3v) is 6.61. The number of aromatic nitrogens is 4. The van der Waals surface area contributed by atoms with Crippen molar-refractivity contribution in [1.29, 1.82) is 0 Å². The molecule has 182 valence electrons. The van der Waals surface area contributed by atoms with Gasteiger partial charge in [-0.1, -0.05) is 23.7 Å². The number of carbonyl (C=O) groups is 1. The van der Waals surface area contributed by atoms with Gasteiger partial charge in [-0.05, 0) is 39.2 Å². The summed E-state index contributed by atoms with van der Waals surface area (Å²) in [7, 11) is 3.83. The second-order valence-electron chi connectivity index (χ2n) is 9.12. The molecule has 0 bridgehead atoms. The highest BCUT2D eigenvalue weighted by Crippen LogP contribution is 2.33. The van der Waals surface area contributed by atoms with E-state index in [1.807, 2.05) is 54.2 Å². The normalized spacial score (nSPS) is 15.2. The van der Waals surface area contributed by atoms with E-state index in [1.165, 1.54) is 0 Å². The van der Waals surface area contributed by atoms with Crippen molar-refractivity contribution >= 4 is 45.7 Å². The fraction of sp³-hybridized carbons (Fsp3) is 0.360. The Bertz CT molecular complexity index is 1360. The van der Waals surface area contributed by atoms with E-state index < -0.39 is 0 Å². The number of rotatable bonds is 6. The third-order valence-electron chi connectivity index (χ3n) is 6.31. The maximum absolute atomic E-state index is 12.5. The van der Waals surface area contributed by atoms with Crippen molar-refractivity contribution in [2.45, 2.75) is 13.0 Å². The average Bonchev–Trinajstić information content (AvgIpc) is 3.33. The number of anilines is 2. The molecule has 0 saturated carbocycles. The van der Waals surface area contributed by atoms with Gasteiger partial charge in [0.25, 0.3) is 0 Å². The van der Waals surface area contributed by atoms with Gasteiger partial charge in [0, 0.05) is 49.4 Å². The number of carbonyl (C=O) groups excluding carboxylic acids is 1. The van der Waals surface area contributed by atoms with Crippen molar-refractivity contribution < 1.29 is 4.79 Å². The number of hydrogen-bond donors (Lipinski definition) is 1. The molecule has 4 aromatic rings. The second kappa shape index (κ2) is 9.67. The molecular weight excluding hydrogens is 464 g/mol. The van der Waals surface area contributed by atoms with Crippen molar-refractivity contribution in [2.24, 2.45) is 0 Å². The van der Waals surface area contributed by atoms with Gasteiger partial charge >= 0.3 is 0 Å². The predicted octanol–water partition coefficient (Wildman–Crippen LogP) is 3.31. The zero-order valence-corrected chi connectivity index (χ0v) is 20.9. The molecule has 0 unspecified atom stereocenters. The maximum atomic E-state index is 12.5. The first kappa shape index (κ1) is 23.3. The van der Waals surface area contributed by atoms with Gasteiger partial charge in [-0.3, -0.25) is 4.79 Å². The van der Waals surface area contributed by atoms with Crippen LogP contribution in [0.4, 0.5) is 11.6 Å². The highest BCUT2D eigenvalue weighted by atomic mass is 35.5. The van der Waals surface area contributed by atoms with E-state index >= 15 is 0 Å². The Hall–Kier alpha value is -3.43. The summed E-state index contributed by atoms with van der Waals surface area (Å²) >= 11 is 6.52. The molecule has 1 saturated heterocycles. The summed E-state index contributed by atoms with van der Waals surface area (Å²) in [6.45, 7) is 5.28. The Labute approximate surface area is 209 Å². The van der Waals surface area contributed by atoms with Crippen LogP contribution in [0.15, 0.2) is 48.8 Å². The van der Waals surface area contributed by atoms with Crippen molar-refractivity contribution in [3.8, 4) is 0 Å².